The number of amides is 3. The van der Waals surface area contributed by atoms with Gasteiger partial charge in [-0.1, -0.05) is 108 Å². The Morgan fingerprint density at radius 1 is 0.648 bits per heavy atom. The van der Waals surface area contributed by atoms with Gasteiger partial charge in [0.15, 0.2) is 5.82 Å². The Morgan fingerprint density at radius 2 is 1.17 bits per heavy atom. The van der Waals surface area contributed by atoms with E-state index in [-0.39, 0.29) is 61.9 Å². The quantitative estimate of drug-likeness (QED) is 0.0502. The number of aliphatic carboxylic acids is 1. The highest BCUT2D eigenvalue weighted by atomic mass is 32.2. The van der Waals surface area contributed by atoms with Gasteiger partial charge >= 0.3 is 5.97 Å². The number of aryl methyl sites for hydroxylation is 1. The third kappa shape index (κ3) is 29.0. The molecular formula is C38H69N7O8S. The summed E-state index contributed by atoms with van der Waals surface area (Å²) < 4.78 is 26.7. The topological polar surface area (TPSA) is 230 Å². The summed E-state index contributed by atoms with van der Waals surface area (Å²) in [6.45, 7) is 0.521. The Bertz CT molecular complexity index is 1280. The number of rotatable bonds is 37. The van der Waals surface area contributed by atoms with E-state index in [1.807, 2.05) is 0 Å². The normalized spacial score (nSPS) is 11.9. The molecule has 1 aromatic heterocycles. The van der Waals surface area contributed by atoms with Crippen LogP contribution >= 0.6 is 0 Å². The predicted octanol–water partition coefficient (Wildman–Crippen LogP) is 5.85. The molecule has 15 nitrogen and oxygen atoms in total. The summed E-state index contributed by atoms with van der Waals surface area (Å²) in [5, 5.41) is 28.6. The number of hydrogen-bond acceptors (Lipinski definition) is 10. The molecule has 0 bridgehead atoms. The predicted molar refractivity (Wildman–Crippen MR) is 208 cm³/mol. The van der Waals surface area contributed by atoms with E-state index in [2.05, 4.69) is 36.0 Å². The first-order valence-electron chi connectivity index (χ1n) is 20.5. The number of aromatic amines is 1. The summed E-state index contributed by atoms with van der Waals surface area (Å²) in [6.07, 6.45) is 23.0. The highest BCUT2D eigenvalue weighted by molar-refractivity contribution is 7.90. The molecule has 0 radical (unpaired) electrons. The zero-order chi connectivity index (χ0) is 39.7. The largest absolute Gasteiger partial charge is 0.481 e. The summed E-state index contributed by atoms with van der Waals surface area (Å²) in [5.41, 5.74) is 0. The van der Waals surface area contributed by atoms with E-state index in [1.165, 1.54) is 58.4 Å². The van der Waals surface area contributed by atoms with Gasteiger partial charge in [-0.2, -0.15) is 5.21 Å². The smallest absolute Gasteiger partial charge is 0.306 e. The minimum Gasteiger partial charge on any atom is -0.481 e. The van der Waals surface area contributed by atoms with Crippen LogP contribution in [-0.4, -0.2) is 83.0 Å². The molecule has 0 aliphatic heterocycles. The Hall–Kier alpha value is -3.43. The zero-order valence-corrected chi connectivity index (χ0v) is 33.7. The number of carboxylic acids is 1. The molecule has 0 fully saturated rings. The van der Waals surface area contributed by atoms with Crippen LogP contribution in [0.2, 0.25) is 0 Å². The van der Waals surface area contributed by atoms with Crippen LogP contribution in [0.3, 0.4) is 0 Å². The van der Waals surface area contributed by atoms with Crippen molar-refractivity contribution in [3.8, 4) is 0 Å². The molecule has 0 spiro atoms. The maximum Gasteiger partial charge on any atom is 0.306 e. The fourth-order valence-electron chi connectivity index (χ4n) is 6.27. The van der Waals surface area contributed by atoms with Gasteiger partial charge in [0.1, 0.15) is 5.78 Å². The molecule has 1 rings (SSSR count). The van der Waals surface area contributed by atoms with E-state index in [9.17, 15) is 37.5 Å². The van der Waals surface area contributed by atoms with E-state index in [1.54, 1.807) is 0 Å². The lowest BCUT2D eigenvalue weighted by molar-refractivity contribution is -0.144. The lowest BCUT2D eigenvalue weighted by atomic mass is 9.94. The maximum absolute atomic E-state index is 12.3. The lowest BCUT2D eigenvalue weighted by Gasteiger charge is -2.11. The van der Waals surface area contributed by atoms with Crippen molar-refractivity contribution in [1.29, 1.82) is 0 Å². The van der Waals surface area contributed by atoms with Gasteiger partial charge in [-0.25, -0.2) is 8.42 Å². The van der Waals surface area contributed by atoms with Gasteiger partial charge in [-0.3, -0.25) is 28.7 Å². The molecule has 16 heteroatoms. The van der Waals surface area contributed by atoms with Crippen molar-refractivity contribution in [3.05, 3.63) is 5.82 Å². The number of sulfonamides is 1. The van der Waals surface area contributed by atoms with Crippen LogP contribution in [0.4, 0.5) is 0 Å². The van der Waals surface area contributed by atoms with Crippen LogP contribution in [0.5, 0.6) is 0 Å². The molecule has 5 N–H and O–H groups in total. The Morgan fingerprint density at radius 3 is 1.70 bits per heavy atom. The summed E-state index contributed by atoms with van der Waals surface area (Å²) in [5.74, 6) is -2.36. The molecule has 310 valence electrons. The second kappa shape index (κ2) is 31.9. The van der Waals surface area contributed by atoms with E-state index < -0.39 is 27.8 Å². The Balaban J connectivity index is 1.90. The van der Waals surface area contributed by atoms with Gasteiger partial charge in [-0.15, -0.1) is 10.2 Å². The zero-order valence-electron chi connectivity index (χ0n) is 32.8. The number of carbonyl (C=O) groups is 5. The third-order valence-corrected chi connectivity index (χ3v) is 10.9. The molecule has 0 saturated carbocycles. The number of tetrazole rings is 1. The van der Waals surface area contributed by atoms with E-state index >= 15 is 0 Å². The van der Waals surface area contributed by atoms with E-state index in [0.717, 1.165) is 76.5 Å². The van der Waals surface area contributed by atoms with E-state index in [4.69, 9.17) is 0 Å². The average Bonchev–Trinajstić information content (AvgIpc) is 3.65. The van der Waals surface area contributed by atoms with Crippen LogP contribution in [-0.2, 0) is 40.4 Å². The second-order valence-corrected chi connectivity index (χ2v) is 16.3. The average molecular weight is 784 g/mol. The van der Waals surface area contributed by atoms with Crippen molar-refractivity contribution in [2.45, 2.75) is 180 Å². The first kappa shape index (κ1) is 48.6. The maximum atomic E-state index is 12.3. The number of carbonyl (C=O) groups excluding carboxylic acids is 4. The Labute approximate surface area is 323 Å². The van der Waals surface area contributed by atoms with Crippen molar-refractivity contribution in [2.75, 3.05) is 19.3 Å². The van der Waals surface area contributed by atoms with Crippen molar-refractivity contribution >= 4 is 39.5 Å². The van der Waals surface area contributed by atoms with Crippen LogP contribution in [0, 0.1) is 5.92 Å². The number of hydrogen-bond donors (Lipinski definition) is 5. The molecule has 1 heterocycles. The van der Waals surface area contributed by atoms with Crippen molar-refractivity contribution in [2.24, 2.45) is 5.92 Å². The molecule has 0 saturated heterocycles. The molecule has 1 unspecified atom stereocenters. The number of aromatic nitrogens is 4. The van der Waals surface area contributed by atoms with Gasteiger partial charge in [-0.05, 0) is 38.5 Å². The first-order valence-corrected chi connectivity index (χ1v) is 22.1. The molecular weight excluding hydrogens is 715 g/mol. The summed E-state index contributed by atoms with van der Waals surface area (Å²) in [7, 11) is -2.27. The molecule has 1 atom stereocenters. The summed E-state index contributed by atoms with van der Waals surface area (Å²) in [4.78, 5) is 59.2. The van der Waals surface area contributed by atoms with Crippen molar-refractivity contribution < 1.29 is 37.5 Å². The van der Waals surface area contributed by atoms with Crippen LogP contribution in [0.1, 0.15) is 179 Å². The SMILES string of the molecule is CNC(=O)CCC(CC(=O)CCCCCCCCCNC(=O)CCCS(=O)(=O)NC(=O)CCCCCCCCCCCCCCCc1nn[nH]n1)C(=O)O. The standard InChI is InChI=1S/C38H69N7O8S/c1-39-35(47)28-27-32(38(50)51)31-33(46)23-18-14-10-9-13-17-21-29-40-36(48)26-22-30-54(52,53)43-37(49)25-20-16-12-8-6-4-2-3-5-7-11-15-19-24-34-41-44-45-42-34/h32H,2-31H2,1H3,(H,39,47)(H,40,48)(H,43,49)(H,50,51)(H,41,42,44,45). The highest BCUT2D eigenvalue weighted by Crippen LogP contribution is 2.17. The van der Waals surface area contributed by atoms with Crippen molar-refractivity contribution in [3.63, 3.8) is 0 Å². The fourth-order valence-corrected chi connectivity index (χ4v) is 7.34. The molecule has 3 amide bonds. The van der Waals surface area contributed by atoms with Crippen LogP contribution < -0.4 is 15.4 Å². The number of ketones is 1. The Kier molecular flexibility index (Phi) is 28.7. The number of unbranched alkanes of at least 4 members (excludes halogenated alkanes) is 18. The molecule has 1 aromatic rings. The van der Waals surface area contributed by atoms with Gasteiger partial charge in [0, 0.05) is 52.1 Å². The molecule has 0 aromatic carbocycles. The summed E-state index contributed by atoms with van der Waals surface area (Å²) in [6, 6.07) is 0. The fraction of sp³-hybridized carbons (Fsp3) is 0.842. The van der Waals surface area contributed by atoms with Gasteiger partial charge in [0.25, 0.3) is 0 Å². The first-order chi connectivity index (χ1) is 26.0. The molecule has 0 aliphatic rings. The molecule has 54 heavy (non-hydrogen) atoms. The minimum absolute atomic E-state index is 0.0416. The monoisotopic (exact) mass is 783 g/mol. The number of Topliss-reactive ketones (excluding diaryl/α,β-unsaturated/α-hetero) is 1. The van der Waals surface area contributed by atoms with Crippen molar-refractivity contribution in [1.82, 2.24) is 36.0 Å². The number of nitrogens with one attached hydrogen (secondary N) is 4. The number of carboxylic acid groups (broad SMARTS) is 1. The lowest BCUT2D eigenvalue weighted by Crippen LogP contribution is -2.33. The number of H-pyrrole nitrogens is 1. The van der Waals surface area contributed by atoms with Gasteiger partial charge < -0.3 is 15.7 Å². The van der Waals surface area contributed by atoms with Gasteiger partial charge in [0.2, 0.25) is 27.7 Å². The minimum atomic E-state index is -3.76. The van der Waals surface area contributed by atoms with Gasteiger partial charge in [0.05, 0.1) is 11.7 Å². The van der Waals surface area contributed by atoms with E-state index in [0.29, 0.717) is 25.8 Å². The highest BCUT2D eigenvalue weighted by Gasteiger charge is 2.22. The summed E-state index contributed by atoms with van der Waals surface area (Å²) >= 11 is 0. The number of nitrogens with zero attached hydrogens (tertiary/aromatic N) is 3. The second-order valence-electron chi connectivity index (χ2n) is 14.4. The third-order valence-electron chi connectivity index (χ3n) is 9.56. The van der Waals surface area contributed by atoms with Crippen LogP contribution in [0.25, 0.3) is 0 Å². The van der Waals surface area contributed by atoms with Crippen LogP contribution in [0.15, 0.2) is 0 Å². The molecule has 0 aliphatic carbocycles.